The molecule has 0 aromatic heterocycles. The molecule has 0 bridgehead atoms. The van der Waals surface area contributed by atoms with E-state index in [2.05, 4.69) is 99.0 Å². The van der Waals surface area contributed by atoms with Gasteiger partial charge >= 0.3 is 5.97 Å². The highest BCUT2D eigenvalue weighted by atomic mass is 16.7. The fourth-order valence-electron chi connectivity index (χ4n) is 9.66. The van der Waals surface area contributed by atoms with Crippen molar-refractivity contribution in [3.8, 4) is 0 Å². The molecule has 1 rings (SSSR count). The second kappa shape index (κ2) is 55.4. The van der Waals surface area contributed by atoms with E-state index in [1.165, 1.54) is 109 Å². The molecular weight excluding hydrogens is 991 g/mol. The van der Waals surface area contributed by atoms with Gasteiger partial charge in [-0.25, -0.2) is 0 Å². The number of carbonyl (C=O) groups is 2. The predicted octanol–water partition coefficient (Wildman–Crippen LogP) is 15.7. The van der Waals surface area contributed by atoms with Gasteiger partial charge in [-0.1, -0.05) is 260 Å². The third kappa shape index (κ3) is 43.2. The van der Waals surface area contributed by atoms with Gasteiger partial charge in [-0.2, -0.15) is 0 Å². The minimum atomic E-state index is -1.62. The summed E-state index contributed by atoms with van der Waals surface area (Å²) in [5.41, 5.74) is 0. The van der Waals surface area contributed by atoms with Crippen molar-refractivity contribution in [1.29, 1.82) is 0 Å². The van der Waals surface area contributed by atoms with E-state index in [9.17, 15) is 35.1 Å². The Labute approximate surface area is 483 Å². The number of esters is 1. The van der Waals surface area contributed by atoms with Gasteiger partial charge in [0, 0.05) is 6.42 Å². The zero-order valence-electron chi connectivity index (χ0n) is 50.5. The molecule has 1 aliphatic heterocycles. The van der Waals surface area contributed by atoms with E-state index < -0.39 is 67.4 Å². The molecular formula is C68H119NO10. The maximum atomic E-state index is 13.4. The lowest BCUT2D eigenvalue weighted by Crippen LogP contribution is -2.61. The lowest BCUT2D eigenvalue weighted by atomic mass is 9.99. The van der Waals surface area contributed by atoms with Gasteiger partial charge in [0.1, 0.15) is 24.4 Å². The molecule has 1 fully saturated rings. The van der Waals surface area contributed by atoms with E-state index >= 15 is 0 Å². The summed E-state index contributed by atoms with van der Waals surface area (Å²) in [5, 5.41) is 57.0. The van der Waals surface area contributed by atoms with Crippen LogP contribution < -0.4 is 5.32 Å². The number of ether oxygens (including phenoxy) is 3. The first-order chi connectivity index (χ1) is 38.7. The van der Waals surface area contributed by atoms with Crippen molar-refractivity contribution in [2.24, 2.45) is 0 Å². The van der Waals surface area contributed by atoms with E-state index in [1.807, 2.05) is 6.08 Å². The monoisotopic (exact) mass is 1110 g/mol. The van der Waals surface area contributed by atoms with Gasteiger partial charge in [-0.15, -0.1) is 0 Å². The second-order valence-corrected chi connectivity index (χ2v) is 22.1. The molecule has 8 unspecified atom stereocenters. The Kier molecular flexibility index (Phi) is 51.8. The molecule has 0 radical (unpaired) electrons. The molecule has 0 spiro atoms. The third-order valence-corrected chi connectivity index (χ3v) is 14.8. The molecule has 1 amide bonds. The number of rotatable bonds is 54. The lowest BCUT2D eigenvalue weighted by molar-refractivity contribution is -0.305. The zero-order valence-corrected chi connectivity index (χ0v) is 50.5. The first-order valence-corrected chi connectivity index (χ1v) is 32.4. The second-order valence-electron chi connectivity index (χ2n) is 22.1. The molecule has 456 valence electrons. The average molecular weight is 1110 g/mol. The lowest BCUT2D eigenvalue weighted by Gasteiger charge is -2.41. The zero-order chi connectivity index (χ0) is 57.5. The van der Waals surface area contributed by atoms with Crippen LogP contribution in [-0.2, 0) is 23.8 Å². The minimum absolute atomic E-state index is 0.111. The Hall–Kier alpha value is -3.16. The highest BCUT2D eigenvalue weighted by molar-refractivity contribution is 5.80. The third-order valence-electron chi connectivity index (χ3n) is 14.8. The number of aliphatic hydroxyl groups excluding tert-OH is 5. The first kappa shape index (κ1) is 73.9. The molecule has 0 aromatic rings. The van der Waals surface area contributed by atoms with Crippen LogP contribution in [-0.4, -0.2) is 99.6 Å². The van der Waals surface area contributed by atoms with Gasteiger partial charge in [0.15, 0.2) is 12.4 Å². The molecule has 1 saturated heterocycles. The van der Waals surface area contributed by atoms with Crippen molar-refractivity contribution in [2.75, 3.05) is 13.2 Å². The van der Waals surface area contributed by atoms with E-state index in [4.69, 9.17) is 14.2 Å². The summed E-state index contributed by atoms with van der Waals surface area (Å²) < 4.78 is 17.6. The van der Waals surface area contributed by atoms with Crippen LogP contribution in [0.3, 0.4) is 0 Å². The number of unbranched alkanes of at least 4 members (excludes halogenated alkanes) is 28. The van der Waals surface area contributed by atoms with Crippen molar-refractivity contribution >= 4 is 11.9 Å². The number of nitrogens with one attached hydrogen (secondary N) is 1. The van der Waals surface area contributed by atoms with Gasteiger partial charge in [0.05, 0.1) is 25.4 Å². The highest BCUT2D eigenvalue weighted by Crippen LogP contribution is 2.26. The Morgan fingerprint density at radius 1 is 0.506 bits per heavy atom. The fraction of sp³-hybridized carbons (Fsp3) is 0.765. The van der Waals surface area contributed by atoms with Gasteiger partial charge in [0.2, 0.25) is 5.91 Å². The van der Waals surface area contributed by atoms with E-state index in [-0.39, 0.29) is 19.4 Å². The SMILES string of the molecule is CC/C=C\C/C=C\C/C=C\C/C=C\C/C=C\CCCCCCCCCCCCC(O)C(=O)NC(COC1OC(CO)C(O)C(O)C1OC(=O)CCCCCCC/C=C\CCCC)C(O)/C=C/CCCCCCCCCCCCC. The fourth-order valence-corrected chi connectivity index (χ4v) is 9.66. The standard InChI is InChI=1S/C68H119NO10/c1-4-7-10-13-16-19-22-24-25-26-27-28-29-30-31-32-33-34-35-36-38-41-43-46-49-52-55-61(72)67(76)69-59(60(71)54-51-48-45-42-40-37-23-20-17-14-11-8-5-2)58-77-68-66(65(75)64(74)62(57-70)78-68)79-63(73)56-53-50-47-44-39-21-18-15-12-9-6-3/h7,10,15-16,18-19,24-25,27-28,30-31,51,54,59-62,64-66,68,70-72,74-75H,4-6,8-9,11-14,17,20-23,26,29,32-50,52-53,55-58H2,1-3H3,(H,69,76)/b10-7-,18-15-,19-16-,25-24-,28-27-,31-30-,54-51+. The predicted molar refractivity (Wildman–Crippen MR) is 329 cm³/mol. The molecule has 79 heavy (non-hydrogen) atoms. The van der Waals surface area contributed by atoms with Gasteiger partial charge in [-0.05, 0) is 89.9 Å². The van der Waals surface area contributed by atoms with Crippen LogP contribution >= 0.6 is 0 Å². The van der Waals surface area contributed by atoms with Crippen LogP contribution in [0.4, 0.5) is 0 Å². The van der Waals surface area contributed by atoms with Crippen LogP contribution in [0.2, 0.25) is 0 Å². The van der Waals surface area contributed by atoms with E-state index in [0.717, 1.165) is 116 Å². The van der Waals surface area contributed by atoms with Gasteiger partial charge in [-0.3, -0.25) is 9.59 Å². The summed E-state index contributed by atoms with van der Waals surface area (Å²) >= 11 is 0. The van der Waals surface area contributed by atoms with Crippen molar-refractivity contribution < 1.29 is 49.3 Å². The highest BCUT2D eigenvalue weighted by Gasteiger charge is 2.47. The number of amides is 1. The van der Waals surface area contributed by atoms with Crippen molar-refractivity contribution in [1.82, 2.24) is 5.32 Å². The molecule has 1 heterocycles. The molecule has 0 aromatic carbocycles. The number of hydrogen-bond donors (Lipinski definition) is 6. The Morgan fingerprint density at radius 2 is 0.924 bits per heavy atom. The molecule has 6 N–H and O–H groups in total. The Bertz CT molecular complexity index is 1610. The number of carbonyl (C=O) groups excluding carboxylic acids is 2. The molecule has 11 nitrogen and oxygen atoms in total. The topological polar surface area (TPSA) is 175 Å². The molecule has 11 heteroatoms. The smallest absolute Gasteiger partial charge is 0.306 e. The Morgan fingerprint density at radius 3 is 1.42 bits per heavy atom. The van der Waals surface area contributed by atoms with Crippen LogP contribution in [0, 0.1) is 0 Å². The summed E-state index contributed by atoms with van der Waals surface area (Å²) in [6, 6.07) is -1.03. The average Bonchev–Trinajstić information content (AvgIpc) is 3.51. The van der Waals surface area contributed by atoms with E-state index in [1.54, 1.807) is 6.08 Å². The van der Waals surface area contributed by atoms with Crippen molar-refractivity contribution in [3.63, 3.8) is 0 Å². The van der Waals surface area contributed by atoms with Crippen LogP contribution in [0.1, 0.15) is 271 Å². The summed E-state index contributed by atoms with van der Waals surface area (Å²) in [4.78, 5) is 26.5. The maximum Gasteiger partial charge on any atom is 0.306 e. The van der Waals surface area contributed by atoms with Crippen molar-refractivity contribution in [3.05, 3.63) is 85.1 Å². The maximum absolute atomic E-state index is 13.4. The Balaban J connectivity index is 2.60. The molecule has 8 atom stereocenters. The molecule has 0 saturated carbocycles. The van der Waals surface area contributed by atoms with Crippen molar-refractivity contribution in [2.45, 2.75) is 320 Å². The number of hydrogen-bond acceptors (Lipinski definition) is 10. The quantitative estimate of drug-likeness (QED) is 0.0195. The molecule has 1 aliphatic rings. The summed E-state index contributed by atoms with van der Waals surface area (Å²) in [7, 11) is 0. The van der Waals surface area contributed by atoms with Gasteiger partial charge in [0.25, 0.3) is 0 Å². The van der Waals surface area contributed by atoms with E-state index in [0.29, 0.717) is 12.8 Å². The first-order valence-electron chi connectivity index (χ1n) is 32.4. The summed E-state index contributed by atoms with van der Waals surface area (Å²) in [6.07, 6.45) is 62.0. The van der Waals surface area contributed by atoms with Crippen LogP contribution in [0.5, 0.6) is 0 Å². The summed E-state index contributed by atoms with van der Waals surface area (Å²) in [5.74, 6) is -1.21. The largest absolute Gasteiger partial charge is 0.454 e. The van der Waals surface area contributed by atoms with Crippen LogP contribution in [0.25, 0.3) is 0 Å². The van der Waals surface area contributed by atoms with Crippen LogP contribution in [0.15, 0.2) is 85.1 Å². The molecule has 0 aliphatic carbocycles. The van der Waals surface area contributed by atoms with Gasteiger partial charge < -0.3 is 45.1 Å². The number of aliphatic hydroxyl groups is 5. The number of allylic oxidation sites excluding steroid dienone is 13. The normalized spacial score (nSPS) is 19.4. The summed E-state index contributed by atoms with van der Waals surface area (Å²) in [6.45, 7) is 5.63. The minimum Gasteiger partial charge on any atom is -0.454 e.